The van der Waals surface area contributed by atoms with Crippen LogP contribution in [0.2, 0.25) is 0 Å². The topological polar surface area (TPSA) is 103 Å². The number of hydrogen-bond acceptors (Lipinski definition) is 8. The lowest BCUT2D eigenvalue weighted by atomic mass is 9.91. The maximum atomic E-state index is 5.18. The van der Waals surface area contributed by atoms with E-state index in [1.807, 2.05) is 146 Å². The Bertz CT molecular complexity index is 2060. The van der Waals surface area contributed by atoms with Gasteiger partial charge in [0.2, 0.25) is 0 Å². The second-order valence-corrected chi connectivity index (χ2v) is 11.3. The molecule has 0 N–H and O–H groups in total. The molecular weight excluding hydrogens is 592 g/mol. The third-order valence-electron chi connectivity index (χ3n) is 8.30. The van der Waals surface area contributed by atoms with Gasteiger partial charge in [0.05, 0.1) is 22.8 Å². The molecule has 8 aromatic rings. The van der Waals surface area contributed by atoms with Gasteiger partial charge < -0.3 is 0 Å². The highest BCUT2D eigenvalue weighted by Gasteiger charge is 2.29. The second-order valence-electron chi connectivity index (χ2n) is 11.3. The molecule has 0 amide bonds. The average molecular weight is 617 g/mol. The molecular formula is C40H24N8. The summed E-state index contributed by atoms with van der Waals surface area (Å²) >= 11 is 0. The van der Waals surface area contributed by atoms with E-state index in [1.54, 1.807) is 0 Å². The Morgan fingerprint density at radius 1 is 0.250 bits per heavy atom. The Labute approximate surface area is 276 Å². The fourth-order valence-electron chi connectivity index (χ4n) is 5.95. The SMILES string of the molecule is c1ccc(-c2ncc3c(n2)-c2cnc(-c4ccccc4)nc2-c2cnc(-c4ccccc4)nc2-c2cnc(-c4ccccc4)nc2-3)cc1. The fraction of sp³-hybridized carbons (Fsp3) is 0. The summed E-state index contributed by atoms with van der Waals surface area (Å²) in [7, 11) is 0. The zero-order chi connectivity index (χ0) is 31.9. The minimum Gasteiger partial charge on any atom is -0.236 e. The molecule has 0 atom stereocenters. The summed E-state index contributed by atoms with van der Waals surface area (Å²) < 4.78 is 0. The molecule has 0 bridgehead atoms. The summed E-state index contributed by atoms with van der Waals surface area (Å²) in [4.78, 5) is 40.1. The average Bonchev–Trinajstić information content (AvgIpc) is 3.18. The molecule has 0 unspecified atom stereocenters. The Balaban J connectivity index is 1.37. The van der Waals surface area contributed by atoms with Crippen molar-refractivity contribution in [2.24, 2.45) is 0 Å². The highest BCUT2D eigenvalue weighted by atomic mass is 15.0. The first-order valence-electron chi connectivity index (χ1n) is 15.5. The molecule has 224 valence electrons. The molecule has 0 spiro atoms. The van der Waals surface area contributed by atoms with Crippen molar-refractivity contribution < 1.29 is 0 Å². The van der Waals surface area contributed by atoms with Gasteiger partial charge in [-0.3, -0.25) is 0 Å². The van der Waals surface area contributed by atoms with Gasteiger partial charge in [0.1, 0.15) is 0 Å². The number of benzene rings is 4. The summed E-state index contributed by atoms with van der Waals surface area (Å²) in [6, 6.07) is 39.7. The molecule has 4 heterocycles. The van der Waals surface area contributed by atoms with Crippen molar-refractivity contribution in [3.63, 3.8) is 0 Å². The van der Waals surface area contributed by atoms with Gasteiger partial charge in [-0.05, 0) is 0 Å². The fourth-order valence-corrected chi connectivity index (χ4v) is 5.95. The number of hydrogen-bond donors (Lipinski definition) is 0. The summed E-state index contributed by atoms with van der Waals surface area (Å²) in [5, 5.41) is 0. The lowest BCUT2D eigenvalue weighted by molar-refractivity contribution is 1.10. The minimum atomic E-state index is 0.586. The lowest BCUT2D eigenvalue weighted by Gasteiger charge is -2.21. The van der Waals surface area contributed by atoms with Crippen molar-refractivity contribution in [3.8, 4) is 90.6 Å². The predicted octanol–water partition coefficient (Wildman–Crippen LogP) is 8.50. The summed E-state index contributed by atoms with van der Waals surface area (Å²) in [6.45, 7) is 0. The maximum Gasteiger partial charge on any atom is 0.159 e. The number of fused-ring (bicyclic) bond motifs is 8. The summed E-state index contributed by atoms with van der Waals surface area (Å²) in [5.74, 6) is 2.34. The van der Waals surface area contributed by atoms with Gasteiger partial charge in [-0.1, -0.05) is 121 Å². The van der Waals surface area contributed by atoms with E-state index in [-0.39, 0.29) is 0 Å². The van der Waals surface area contributed by atoms with Gasteiger partial charge in [0.25, 0.3) is 0 Å². The van der Waals surface area contributed by atoms with E-state index in [0.29, 0.717) is 46.1 Å². The minimum absolute atomic E-state index is 0.586. The smallest absolute Gasteiger partial charge is 0.159 e. The lowest BCUT2D eigenvalue weighted by Crippen LogP contribution is -2.08. The second kappa shape index (κ2) is 11.5. The van der Waals surface area contributed by atoms with Gasteiger partial charge in [0, 0.05) is 69.3 Å². The quantitative estimate of drug-likeness (QED) is 0.194. The van der Waals surface area contributed by atoms with Crippen LogP contribution in [0.5, 0.6) is 0 Å². The van der Waals surface area contributed by atoms with Gasteiger partial charge in [-0.15, -0.1) is 0 Å². The first-order valence-corrected chi connectivity index (χ1v) is 15.5. The predicted molar refractivity (Wildman–Crippen MR) is 186 cm³/mol. The van der Waals surface area contributed by atoms with Crippen molar-refractivity contribution in [2.45, 2.75) is 0 Å². The molecule has 0 aliphatic heterocycles. The van der Waals surface area contributed by atoms with E-state index in [4.69, 9.17) is 39.9 Å². The van der Waals surface area contributed by atoms with Crippen LogP contribution in [-0.4, -0.2) is 39.9 Å². The van der Waals surface area contributed by atoms with Crippen molar-refractivity contribution in [2.75, 3.05) is 0 Å². The van der Waals surface area contributed by atoms with Crippen LogP contribution in [0, 0.1) is 0 Å². The number of rotatable bonds is 4. The van der Waals surface area contributed by atoms with Crippen LogP contribution in [0.25, 0.3) is 90.6 Å². The van der Waals surface area contributed by atoms with Gasteiger partial charge in [0.15, 0.2) is 23.3 Å². The highest BCUT2D eigenvalue weighted by molar-refractivity contribution is 5.99. The molecule has 1 aliphatic rings. The van der Waals surface area contributed by atoms with Crippen LogP contribution in [-0.2, 0) is 0 Å². The third-order valence-corrected chi connectivity index (χ3v) is 8.30. The molecule has 0 saturated heterocycles. The maximum absolute atomic E-state index is 5.18. The Morgan fingerprint density at radius 2 is 0.458 bits per heavy atom. The first kappa shape index (κ1) is 27.5. The molecule has 9 rings (SSSR count). The Morgan fingerprint density at radius 3 is 0.667 bits per heavy atom. The van der Waals surface area contributed by atoms with E-state index < -0.39 is 0 Å². The normalized spacial score (nSPS) is 11.3. The van der Waals surface area contributed by atoms with Crippen molar-refractivity contribution in [3.05, 3.63) is 146 Å². The zero-order valence-corrected chi connectivity index (χ0v) is 25.4. The van der Waals surface area contributed by atoms with Crippen molar-refractivity contribution >= 4 is 0 Å². The summed E-state index contributed by atoms with van der Waals surface area (Å²) in [5.41, 5.74) is 9.16. The zero-order valence-electron chi connectivity index (χ0n) is 25.4. The van der Waals surface area contributed by atoms with Crippen LogP contribution in [0.3, 0.4) is 0 Å². The van der Waals surface area contributed by atoms with E-state index in [1.165, 1.54) is 0 Å². The highest BCUT2D eigenvalue weighted by Crippen LogP contribution is 2.45. The van der Waals surface area contributed by atoms with E-state index in [0.717, 1.165) is 44.5 Å². The van der Waals surface area contributed by atoms with Gasteiger partial charge in [-0.25, -0.2) is 39.9 Å². The van der Waals surface area contributed by atoms with Crippen LogP contribution < -0.4 is 0 Å². The molecule has 1 aliphatic carbocycles. The summed E-state index contributed by atoms with van der Waals surface area (Å²) in [6.07, 6.45) is 7.35. The Kier molecular flexibility index (Phi) is 6.61. The monoisotopic (exact) mass is 616 g/mol. The number of nitrogens with zero attached hydrogens (tertiary/aromatic N) is 8. The molecule has 4 aromatic carbocycles. The van der Waals surface area contributed by atoms with Gasteiger partial charge >= 0.3 is 0 Å². The molecule has 48 heavy (non-hydrogen) atoms. The van der Waals surface area contributed by atoms with E-state index >= 15 is 0 Å². The molecule has 0 saturated carbocycles. The first-order chi connectivity index (χ1) is 23.8. The molecule has 0 radical (unpaired) electrons. The van der Waals surface area contributed by atoms with E-state index in [9.17, 15) is 0 Å². The molecule has 4 aromatic heterocycles. The van der Waals surface area contributed by atoms with Crippen molar-refractivity contribution in [1.82, 2.24) is 39.9 Å². The largest absolute Gasteiger partial charge is 0.236 e. The van der Waals surface area contributed by atoms with Gasteiger partial charge in [-0.2, -0.15) is 0 Å². The molecule has 8 heteroatoms. The standard InChI is InChI=1S/C40H24N8/c1-5-13-25(14-6-1)37-41-21-29-33(45-37)30-22-42-38(26-15-7-2-8-16-26)47-35(30)32-24-44-40(28-19-11-4-12-20-28)48-36(32)31-23-43-39(46-34(29)31)27-17-9-3-10-18-27/h1-24H. The Hall–Kier alpha value is -6.80. The molecule has 8 nitrogen and oxygen atoms in total. The van der Waals surface area contributed by atoms with Crippen LogP contribution >= 0.6 is 0 Å². The third kappa shape index (κ3) is 4.80. The van der Waals surface area contributed by atoms with E-state index in [2.05, 4.69) is 0 Å². The molecule has 0 fully saturated rings. The number of aromatic nitrogens is 8. The van der Waals surface area contributed by atoms with Crippen LogP contribution in [0.15, 0.2) is 146 Å². The van der Waals surface area contributed by atoms with Crippen LogP contribution in [0.4, 0.5) is 0 Å². The van der Waals surface area contributed by atoms with Crippen molar-refractivity contribution in [1.29, 1.82) is 0 Å². The van der Waals surface area contributed by atoms with Crippen LogP contribution in [0.1, 0.15) is 0 Å².